The predicted molar refractivity (Wildman–Crippen MR) is 95.6 cm³/mol. The number of likely N-dealkylation sites (tertiary alicyclic amines) is 1. The lowest BCUT2D eigenvalue weighted by Gasteiger charge is -2.15. The summed E-state index contributed by atoms with van der Waals surface area (Å²) in [6.07, 6.45) is 2.98. The minimum atomic E-state index is -0.00116. The van der Waals surface area contributed by atoms with Crippen LogP contribution in [0.4, 0.5) is 5.95 Å². The Labute approximate surface area is 147 Å². The molecule has 1 aromatic heterocycles. The van der Waals surface area contributed by atoms with Crippen molar-refractivity contribution in [3.63, 3.8) is 0 Å². The van der Waals surface area contributed by atoms with Gasteiger partial charge in [0, 0.05) is 30.4 Å². The molecule has 1 aliphatic heterocycles. The number of halogens is 1. The highest BCUT2D eigenvalue weighted by Crippen LogP contribution is 2.14. The smallest absolute Gasteiger partial charge is 0.272 e. The molecule has 1 saturated heterocycles. The molecule has 2 aromatic rings. The number of amides is 1. The van der Waals surface area contributed by atoms with E-state index >= 15 is 0 Å². The van der Waals surface area contributed by atoms with E-state index in [1.807, 2.05) is 36.1 Å². The van der Waals surface area contributed by atoms with Gasteiger partial charge in [0.05, 0.1) is 0 Å². The van der Waals surface area contributed by atoms with Crippen LogP contribution in [0.15, 0.2) is 30.3 Å². The summed E-state index contributed by atoms with van der Waals surface area (Å²) < 4.78 is 0. The first-order valence-electron chi connectivity index (χ1n) is 8.25. The minimum Gasteiger partial charge on any atom is -0.354 e. The minimum absolute atomic E-state index is 0.00116. The molecule has 5 nitrogen and oxygen atoms in total. The topological polar surface area (TPSA) is 58.1 Å². The predicted octanol–water partition coefficient (Wildman–Crippen LogP) is 3.33. The monoisotopic (exact) mass is 344 g/mol. The fourth-order valence-corrected chi connectivity index (χ4v) is 2.94. The molecule has 3 rings (SSSR count). The van der Waals surface area contributed by atoms with E-state index in [1.54, 1.807) is 6.07 Å². The van der Waals surface area contributed by atoms with Crippen molar-refractivity contribution in [3.05, 3.63) is 52.3 Å². The van der Waals surface area contributed by atoms with Crippen molar-refractivity contribution in [2.45, 2.75) is 26.2 Å². The first-order valence-corrected chi connectivity index (χ1v) is 8.63. The molecule has 0 aliphatic carbocycles. The lowest BCUT2D eigenvalue weighted by molar-refractivity contribution is 0.0787. The highest BCUT2D eigenvalue weighted by atomic mass is 35.5. The van der Waals surface area contributed by atoms with Crippen molar-refractivity contribution in [1.82, 2.24) is 14.9 Å². The van der Waals surface area contributed by atoms with E-state index in [2.05, 4.69) is 15.3 Å². The molecule has 1 aromatic carbocycles. The van der Waals surface area contributed by atoms with Gasteiger partial charge in [-0.25, -0.2) is 9.97 Å². The van der Waals surface area contributed by atoms with Crippen LogP contribution in [0.25, 0.3) is 0 Å². The van der Waals surface area contributed by atoms with Crippen LogP contribution in [0, 0.1) is 6.92 Å². The first kappa shape index (κ1) is 16.7. The van der Waals surface area contributed by atoms with Gasteiger partial charge in [0.25, 0.3) is 5.91 Å². The second kappa shape index (κ2) is 7.62. The van der Waals surface area contributed by atoms with Gasteiger partial charge in [-0.1, -0.05) is 23.7 Å². The number of hydrogen-bond acceptors (Lipinski definition) is 4. The number of carbonyl (C=O) groups excluding carboxylic acids is 1. The van der Waals surface area contributed by atoms with Crippen LogP contribution in [0.5, 0.6) is 0 Å². The summed E-state index contributed by atoms with van der Waals surface area (Å²) in [6, 6.07) is 9.53. The van der Waals surface area contributed by atoms with Gasteiger partial charge in [-0.3, -0.25) is 4.79 Å². The van der Waals surface area contributed by atoms with E-state index in [-0.39, 0.29) is 5.91 Å². The Morgan fingerprint density at radius 3 is 2.62 bits per heavy atom. The summed E-state index contributed by atoms with van der Waals surface area (Å²) >= 11 is 5.89. The number of nitrogens with zero attached hydrogens (tertiary/aromatic N) is 3. The van der Waals surface area contributed by atoms with E-state index in [1.165, 1.54) is 5.56 Å². The second-order valence-electron chi connectivity index (χ2n) is 6.02. The number of benzene rings is 1. The third kappa shape index (κ3) is 4.23. The zero-order chi connectivity index (χ0) is 16.9. The average Bonchev–Trinajstić information content (AvgIpc) is 3.10. The fourth-order valence-electron chi connectivity index (χ4n) is 2.81. The Balaban J connectivity index is 1.62. The lowest BCUT2D eigenvalue weighted by Crippen LogP contribution is -2.28. The molecule has 1 amide bonds. The van der Waals surface area contributed by atoms with Crippen molar-refractivity contribution in [3.8, 4) is 0 Å². The van der Waals surface area contributed by atoms with Crippen LogP contribution in [0.2, 0.25) is 5.02 Å². The third-order valence-corrected chi connectivity index (χ3v) is 4.33. The molecule has 6 heteroatoms. The van der Waals surface area contributed by atoms with Crippen molar-refractivity contribution >= 4 is 23.5 Å². The van der Waals surface area contributed by atoms with Gasteiger partial charge in [-0.15, -0.1) is 0 Å². The SMILES string of the molecule is Cc1cc(C(=O)N2CCCC2)nc(NCCc2ccc(Cl)cc2)n1. The maximum atomic E-state index is 12.5. The Hall–Kier alpha value is -2.14. The van der Waals surface area contributed by atoms with Gasteiger partial charge in [-0.05, 0) is 49.9 Å². The van der Waals surface area contributed by atoms with E-state index < -0.39 is 0 Å². The number of aromatic nitrogens is 2. The normalized spacial score (nSPS) is 14.0. The molecule has 0 unspecified atom stereocenters. The number of anilines is 1. The number of aryl methyl sites for hydroxylation is 1. The van der Waals surface area contributed by atoms with Gasteiger partial charge in [-0.2, -0.15) is 0 Å². The Kier molecular flexibility index (Phi) is 5.30. The van der Waals surface area contributed by atoms with Crippen LogP contribution < -0.4 is 5.32 Å². The van der Waals surface area contributed by atoms with Crippen LogP contribution >= 0.6 is 11.6 Å². The lowest BCUT2D eigenvalue weighted by atomic mass is 10.1. The van der Waals surface area contributed by atoms with Gasteiger partial charge >= 0.3 is 0 Å². The van der Waals surface area contributed by atoms with E-state index in [0.29, 0.717) is 18.2 Å². The number of hydrogen-bond donors (Lipinski definition) is 1. The molecule has 0 bridgehead atoms. The largest absolute Gasteiger partial charge is 0.354 e. The summed E-state index contributed by atoms with van der Waals surface area (Å²) in [5, 5.41) is 3.94. The number of carbonyl (C=O) groups is 1. The number of rotatable bonds is 5. The molecule has 0 spiro atoms. The van der Waals surface area contributed by atoms with Crippen LogP contribution in [-0.4, -0.2) is 40.4 Å². The summed E-state index contributed by atoms with van der Waals surface area (Å²) in [7, 11) is 0. The van der Waals surface area contributed by atoms with E-state index in [4.69, 9.17) is 11.6 Å². The quantitative estimate of drug-likeness (QED) is 0.903. The van der Waals surface area contributed by atoms with Crippen LogP contribution in [0.1, 0.15) is 34.6 Å². The van der Waals surface area contributed by atoms with E-state index in [0.717, 1.165) is 43.1 Å². The van der Waals surface area contributed by atoms with Gasteiger partial charge in [0.1, 0.15) is 5.69 Å². The highest BCUT2D eigenvalue weighted by molar-refractivity contribution is 6.30. The molecule has 1 fully saturated rings. The maximum absolute atomic E-state index is 12.5. The van der Waals surface area contributed by atoms with Crippen LogP contribution in [0.3, 0.4) is 0 Å². The molecule has 126 valence electrons. The molecular formula is C18H21ClN4O. The first-order chi connectivity index (χ1) is 11.6. The summed E-state index contributed by atoms with van der Waals surface area (Å²) in [4.78, 5) is 23.1. The van der Waals surface area contributed by atoms with Crippen LogP contribution in [-0.2, 0) is 6.42 Å². The molecule has 1 aliphatic rings. The summed E-state index contributed by atoms with van der Waals surface area (Å²) in [5.74, 6) is 0.505. The van der Waals surface area contributed by atoms with Crippen molar-refractivity contribution < 1.29 is 4.79 Å². The molecule has 24 heavy (non-hydrogen) atoms. The third-order valence-electron chi connectivity index (χ3n) is 4.08. The van der Waals surface area contributed by atoms with Gasteiger partial charge in [0.15, 0.2) is 0 Å². The molecule has 0 atom stereocenters. The fraction of sp³-hybridized carbons (Fsp3) is 0.389. The van der Waals surface area contributed by atoms with Crippen molar-refractivity contribution in [1.29, 1.82) is 0 Å². The van der Waals surface area contributed by atoms with Gasteiger partial charge in [0.2, 0.25) is 5.95 Å². The maximum Gasteiger partial charge on any atom is 0.272 e. The van der Waals surface area contributed by atoms with Gasteiger partial charge < -0.3 is 10.2 Å². The van der Waals surface area contributed by atoms with Crippen molar-refractivity contribution in [2.24, 2.45) is 0 Å². The molecule has 0 saturated carbocycles. The Morgan fingerprint density at radius 2 is 1.92 bits per heavy atom. The molecule has 0 radical (unpaired) electrons. The highest BCUT2D eigenvalue weighted by Gasteiger charge is 2.21. The second-order valence-corrected chi connectivity index (χ2v) is 6.46. The number of nitrogens with one attached hydrogen (secondary N) is 1. The molecular weight excluding hydrogens is 324 g/mol. The Bertz CT molecular complexity index is 711. The average molecular weight is 345 g/mol. The van der Waals surface area contributed by atoms with E-state index in [9.17, 15) is 4.79 Å². The summed E-state index contributed by atoms with van der Waals surface area (Å²) in [5.41, 5.74) is 2.45. The standard InChI is InChI=1S/C18H21ClN4O/c1-13-12-16(17(24)23-10-2-3-11-23)22-18(21-13)20-9-8-14-4-6-15(19)7-5-14/h4-7,12H,2-3,8-11H2,1H3,(H,20,21,22). The Morgan fingerprint density at radius 1 is 1.21 bits per heavy atom. The summed E-state index contributed by atoms with van der Waals surface area (Å²) in [6.45, 7) is 4.22. The molecule has 1 N–H and O–H groups in total. The van der Waals surface area contributed by atoms with Crippen molar-refractivity contribution in [2.75, 3.05) is 25.0 Å². The molecule has 2 heterocycles. The zero-order valence-corrected chi connectivity index (χ0v) is 14.5. The zero-order valence-electron chi connectivity index (χ0n) is 13.8.